The van der Waals surface area contributed by atoms with E-state index in [4.69, 9.17) is 12.2 Å². The number of nitrogens with zero attached hydrogens (tertiary/aromatic N) is 2. The summed E-state index contributed by atoms with van der Waals surface area (Å²) < 4.78 is 0.577. The fourth-order valence-electron chi connectivity index (χ4n) is 3.10. The Morgan fingerprint density at radius 3 is 2.44 bits per heavy atom. The van der Waals surface area contributed by atoms with E-state index in [1.54, 1.807) is 0 Å². The van der Waals surface area contributed by atoms with Gasteiger partial charge in [0.1, 0.15) is 6.54 Å². The zero-order chi connectivity index (χ0) is 19.6. The van der Waals surface area contributed by atoms with Crippen LogP contribution in [0.3, 0.4) is 0 Å². The molecule has 0 aliphatic heterocycles. The number of carbonyl (C=O) groups excluding carboxylic acids is 1. The van der Waals surface area contributed by atoms with E-state index in [0.717, 1.165) is 28.1 Å². The number of amides is 1. The van der Waals surface area contributed by atoms with Crippen molar-refractivity contribution in [3.63, 3.8) is 0 Å². The maximum Gasteiger partial charge on any atom is 0.244 e. The van der Waals surface area contributed by atoms with Gasteiger partial charge in [0, 0.05) is 11.4 Å². The molecule has 1 aromatic heterocycles. The monoisotopic (exact) mass is 398 g/mol. The standard InChI is InChI=1S/C20H22N4OS2/c1-12-6-5-7-16(10-12)24(19-22-23-20(26)27-19)11-17(25)21-18-14(3)8-13(2)9-15(18)4/h5-10H,11H2,1-4H3,(H,21,25)(H,23,26). The average molecular weight is 399 g/mol. The molecule has 0 radical (unpaired) electrons. The highest BCUT2D eigenvalue weighted by atomic mass is 32.1. The van der Waals surface area contributed by atoms with Crippen molar-refractivity contribution >= 4 is 46.0 Å². The van der Waals surface area contributed by atoms with E-state index in [-0.39, 0.29) is 12.5 Å². The normalized spacial score (nSPS) is 10.7. The van der Waals surface area contributed by atoms with Crippen molar-refractivity contribution in [2.24, 2.45) is 0 Å². The summed E-state index contributed by atoms with van der Waals surface area (Å²) in [6, 6.07) is 12.1. The Morgan fingerprint density at radius 2 is 1.85 bits per heavy atom. The number of benzene rings is 2. The third-order valence-electron chi connectivity index (χ3n) is 4.21. The molecule has 7 heteroatoms. The molecular formula is C20H22N4OS2. The summed E-state index contributed by atoms with van der Waals surface area (Å²) in [6.07, 6.45) is 0. The van der Waals surface area contributed by atoms with Crippen molar-refractivity contribution in [2.75, 3.05) is 16.8 Å². The molecule has 1 heterocycles. The molecule has 2 aromatic carbocycles. The van der Waals surface area contributed by atoms with E-state index in [1.807, 2.05) is 49.9 Å². The lowest BCUT2D eigenvalue weighted by Crippen LogP contribution is -2.30. The second-order valence-corrected chi connectivity index (χ2v) is 8.29. The summed E-state index contributed by atoms with van der Waals surface area (Å²) in [5.41, 5.74) is 6.17. The molecule has 27 heavy (non-hydrogen) atoms. The second kappa shape index (κ2) is 8.02. The number of H-pyrrole nitrogens is 1. The van der Waals surface area contributed by atoms with Crippen LogP contribution in [-0.2, 0) is 4.79 Å². The highest BCUT2D eigenvalue weighted by Gasteiger charge is 2.18. The zero-order valence-electron chi connectivity index (χ0n) is 15.8. The van der Waals surface area contributed by atoms with E-state index >= 15 is 0 Å². The van der Waals surface area contributed by atoms with Gasteiger partial charge in [0.25, 0.3) is 0 Å². The second-order valence-electron chi connectivity index (χ2n) is 6.64. The van der Waals surface area contributed by atoms with Gasteiger partial charge in [-0.3, -0.25) is 9.89 Å². The summed E-state index contributed by atoms with van der Waals surface area (Å²) in [6.45, 7) is 8.23. The lowest BCUT2D eigenvalue weighted by molar-refractivity contribution is -0.114. The smallest absolute Gasteiger partial charge is 0.244 e. The minimum absolute atomic E-state index is 0.104. The molecule has 0 spiro atoms. The summed E-state index contributed by atoms with van der Waals surface area (Å²) in [5, 5.41) is 10.8. The maximum absolute atomic E-state index is 12.8. The van der Waals surface area contributed by atoms with E-state index < -0.39 is 0 Å². The van der Waals surface area contributed by atoms with Crippen LogP contribution < -0.4 is 10.2 Å². The van der Waals surface area contributed by atoms with E-state index in [0.29, 0.717) is 9.09 Å². The Balaban J connectivity index is 1.88. The van der Waals surface area contributed by atoms with Crippen LogP contribution in [0.1, 0.15) is 22.3 Å². The lowest BCUT2D eigenvalue weighted by atomic mass is 10.1. The molecule has 0 atom stereocenters. The Bertz CT molecular complexity index is 1020. The molecule has 5 nitrogen and oxygen atoms in total. The average Bonchev–Trinajstić information content (AvgIpc) is 3.02. The predicted octanol–water partition coefficient (Wildman–Crippen LogP) is 5.21. The van der Waals surface area contributed by atoms with Crippen LogP contribution in [0.15, 0.2) is 36.4 Å². The van der Waals surface area contributed by atoms with Gasteiger partial charge in [0.2, 0.25) is 11.0 Å². The topological polar surface area (TPSA) is 61.0 Å². The summed E-state index contributed by atoms with van der Waals surface area (Å²) in [5.74, 6) is -0.104. The molecule has 0 aliphatic rings. The van der Waals surface area contributed by atoms with Gasteiger partial charge in [-0.2, -0.15) is 0 Å². The SMILES string of the molecule is Cc1cccc(N(CC(=O)Nc2c(C)cc(C)cc2C)c2n[nH]c(=S)s2)c1. The quantitative estimate of drug-likeness (QED) is 0.579. The van der Waals surface area contributed by atoms with Gasteiger partial charge in [-0.1, -0.05) is 41.2 Å². The fourth-order valence-corrected chi connectivity index (χ4v) is 4.00. The van der Waals surface area contributed by atoms with Crippen molar-refractivity contribution in [1.29, 1.82) is 0 Å². The van der Waals surface area contributed by atoms with Gasteiger partial charge in [0.05, 0.1) is 0 Å². The minimum atomic E-state index is -0.104. The minimum Gasteiger partial charge on any atom is -0.324 e. The number of aryl methyl sites for hydroxylation is 4. The van der Waals surface area contributed by atoms with Gasteiger partial charge in [0.15, 0.2) is 3.95 Å². The van der Waals surface area contributed by atoms with Gasteiger partial charge in [-0.05, 0) is 68.7 Å². The molecule has 3 rings (SSSR count). The largest absolute Gasteiger partial charge is 0.324 e. The molecule has 0 unspecified atom stereocenters. The summed E-state index contributed by atoms with van der Waals surface area (Å²) >= 11 is 6.51. The van der Waals surface area contributed by atoms with Gasteiger partial charge in [-0.25, -0.2) is 0 Å². The molecule has 0 aliphatic carbocycles. The number of carbonyl (C=O) groups is 1. The van der Waals surface area contributed by atoms with Crippen LogP contribution in [0.4, 0.5) is 16.5 Å². The maximum atomic E-state index is 12.8. The van der Waals surface area contributed by atoms with Crippen molar-refractivity contribution in [3.05, 3.63) is 62.6 Å². The third-order valence-corrected chi connectivity index (χ3v) is 5.33. The van der Waals surface area contributed by atoms with Crippen LogP contribution >= 0.6 is 23.6 Å². The predicted molar refractivity (Wildman–Crippen MR) is 115 cm³/mol. The first-order valence-electron chi connectivity index (χ1n) is 8.61. The van der Waals surface area contributed by atoms with E-state index in [1.165, 1.54) is 16.9 Å². The number of anilines is 3. The van der Waals surface area contributed by atoms with Crippen LogP contribution in [0.25, 0.3) is 0 Å². The first kappa shape index (κ1) is 19.3. The van der Waals surface area contributed by atoms with Gasteiger partial charge >= 0.3 is 0 Å². The number of aromatic nitrogens is 2. The number of hydrogen-bond acceptors (Lipinski definition) is 5. The Labute approximate surface area is 168 Å². The van der Waals surface area contributed by atoms with E-state index in [9.17, 15) is 4.79 Å². The Hall–Kier alpha value is -2.51. The first-order valence-corrected chi connectivity index (χ1v) is 9.83. The highest BCUT2D eigenvalue weighted by molar-refractivity contribution is 7.73. The number of rotatable bonds is 5. The molecule has 140 valence electrons. The third kappa shape index (κ3) is 4.61. The number of hydrogen-bond donors (Lipinski definition) is 2. The van der Waals surface area contributed by atoms with Gasteiger partial charge in [-0.15, -0.1) is 5.10 Å². The van der Waals surface area contributed by atoms with Crippen molar-refractivity contribution in [2.45, 2.75) is 27.7 Å². The van der Waals surface area contributed by atoms with Crippen LogP contribution in [0, 0.1) is 31.6 Å². The summed E-state index contributed by atoms with van der Waals surface area (Å²) in [4.78, 5) is 14.7. The Morgan fingerprint density at radius 1 is 1.15 bits per heavy atom. The van der Waals surface area contributed by atoms with Crippen molar-refractivity contribution < 1.29 is 4.79 Å². The lowest BCUT2D eigenvalue weighted by Gasteiger charge is -2.22. The molecule has 0 bridgehead atoms. The highest BCUT2D eigenvalue weighted by Crippen LogP contribution is 2.28. The molecule has 0 saturated carbocycles. The molecule has 0 fully saturated rings. The summed E-state index contributed by atoms with van der Waals surface area (Å²) in [7, 11) is 0. The van der Waals surface area contributed by atoms with Crippen molar-refractivity contribution in [1.82, 2.24) is 10.2 Å². The van der Waals surface area contributed by atoms with Gasteiger partial charge < -0.3 is 10.2 Å². The first-order chi connectivity index (χ1) is 12.8. The molecule has 1 amide bonds. The molecular weight excluding hydrogens is 376 g/mol. The fraction of sp³-hybridized carbons (Fsp3) is 0.250. The van der Waals surface area contributed by atoms with Crippen LogP contribution in [0.2, 0.25) is 0 Å². The number of aromatic amines is 1. The molecule has 3 aromatic rings. The molecule has 0 saturated heterocycles. The van der Waals surface area contributed by atoms with Crippen LogP contribution in [0.5, 0.6) is 0 Å². The van der Waals surface area contributed by atoms with Crippen LogP contribution in [-0.4, -0.2) is 22.6 Å². The van der Waals surface area contributed by atoms with E-state index in [2.05, 4.69) is 34.6 Å². The number of nitrogens with one attached hydrogen (secondary N) is 2. The molecule has 2 N–H and O–H groups in total. The zero-order valence-corrected chi connectivity index (χ0v) is 17.4. The Kier molecular flexibility index (Phi) is 5.72. The van der Waals surface area contributed by atoms with Crippen molar-refractivity contribution in [3.8, 4) is 0 Å².